The summed E-state index contributed by atoms with van der Waals surface area (Å²) in [5.41, 5.74) is 0.990. The Balaban J connectivity index is 2.74. The minimum Gasteiger partial charge on any atom is -0.358 e. The summed E-state index contributed by atoms with van der Waals surface area (Å²) in [5.74, 6) is 0. The summed E-state index contributed by atoms with van der Waals surface area (Å²) in [6.45, 7) is 6.24. The number of nitrogens with one attached hydrogen (secondary N) is 1. The number of anilines is 1. The molecule has 4 heteroatoms. The van der Waals surface area contributed by atoms with Gasteiger partial charge in [-0.2, -0.15) is 0 Å². The van der Waals surface area contributed by atoms with Crippen LogP contribution in [0.2, 0.25) is 5.02 Å². The second kappa shape index (κ2) is 5.02. The molecule has 0 saturated carbocycles. The molecule has 0 aliphatic rings. The van der Waals surface area contributed by atoms with Gasteiger partial charge >= 0.3 is 0 Å². The molecule has 1 aromatic rings. The summed E-state index contributed by atoms with van der Waals surface area (Å²) in [7, 11) is 1.93. The first-order valence-electron chi connectivity index (χ1n) is 5.11. The van der Waals surface area contributed by atoms with Crippen molar-refractivity contribution in [3.05, 3.63) is 29.3 Å². The van der Waals surface area contributed by atoms with Gasteiger partial charge in [0.15, 0.2) is 5.11 Å². The van der Waals surface area contributed by atoms with E-state index < -0.39 is 0 Å². The smallest absolute Gasteiger partial charge is 0.173 e. The number of rotatable bonds is 1. The average molecular weight is 257 g/mol. The number of hydrogen-bond acceptors (Lipinski definition) is 1. The van der Waals surface area contributed by atoms with E-state index in [-0.39, 0.29) is 5.54 Å². The van der Waals surface area contributed by atoms with Crippen LogP contribution in [0.5, 0.6) is 0 Å². The van der Waals surface area contributed by atoms with Gasteiger partial charge in [-0.25, -0.2) is 0 Å². The van der Waals surface area contributed by atoms with Crippen molar-refractivity contribution in [2.24, 2.45) is 0 Å². The second-order valence-electron chi connectivity index (χ2n) is 4.72. The third-order valence-electron chi connectivity index (χ3n) is 2.00. The minimum absolute atomic E-state index is 0.0300. The van der Waals surface area contributed by atoms with Crippen LogP contribution in [0.1, 0.15) is 20.8 Å². The van der Waals surface area contributed by atoms with Crippen LogP contribution in [-0.4, -0.2) is 17.7 Å². The maximum absolute atomic E-state index is 5.84. The number of nitrogens with zero attached hydrogens (tertiary/aromatic N) is 1. The van der Waals surface area contributed by atoms with Crippen LogP contribution < -0.4 is 10.2 Å². The Bertz CT molecular complexity index is 368. The molecule has 88 valence electrons. The van der Waals surface area contributed by atoms with E-state index in [9.17, 15) is 0 Å². The van der Waals surface area contributed by atoms with E-state index in [2.05, 4.69) is 26.1 Å². The van der Waals surface area contributed by atoms with Crippen LogP contribution in [0.4, 0.5) is 5.69 Å². The first kappa shape index (κ1) is 13.3. The Labute approximate surface area is 108 Å². The Morgan fingerprint density at radius 1 is 1.25 bits per heavy atom. The van der Waals surface area contributed by atoms with Gasteiger partial charge in [0.05, 0.1) is 0 Å². The summed E-state index contributed by atoms with van der Waals surface area (Å²) in [6, 6.07) is 7.60. The van der Waals surface area contributed by atoms with Gasteiger partial charge in [-0.3, -0.25) is 0 Å². The molecule has 0 heterocycles. The molecule has 1 N–H and O–H groups in total. The van der Waals surface area contributed by atoms with E-state index in [1.165, 1.54) is 0 Å². The molecule has 1 aromatic carbocycles. The molecule has 0 amide bonds. The van der Waals surface area contributed by atoms with E-state index in [1.807, 2.05) is 36.2 Å². The van der Waals surface area contributed by atoms with E-state index >= 15 is 0 Å². The summed E-state index contributed by atoms with van der Waals surface area (Å²) in [6.07, 6.45) is 0. The Kier molecular flexibility index (Phi) is 4.16. The van der Waals surface area contributed by atoms with E-state index in [0.29, 0.717) is 5.11 Å². The zero-order valence-electron chi connectivity index (χ0n) is 10.0. The normalized spacial score (nSPS) is 11.1. The molecule has 0 radical (unpaired) electrons. The van der Waals surface area contributed by atoms with Crippen molar-refractivity contribution >= 4 is 34.6 Å². The van der Waals surface area contributed by atoms with Crippen molar-refractivity contribution in [2.75, 3.05) is 11.9 Å². The van der Waals surface area contributed by atoms with Gasteiger partial charge in [0.25, 0.3) is 0 Å². The first-order chi connectivity index (χ1) is 7.29. The maximum Gasteiger partial charge on any atom is 0.173 e. The zero-order valence-corrected chi connectivity index (χ0v) is 11.6. The fourth-order valence-electron chi connectivity index (χ4n) is 1.19. The molecule has 0 aliphatic heterocycles. The summed E-state index contributed by atoms with van der Waals surface area (Å²) in [4.78, 5) is 1.93. The first-order valence-corrected chi connectivity index (χ1v) is 5.90. The van der Waals surface area contributed by atoms with Crippen LogP contribution in [0.3, 0.4) is 0 Å². The molecule has 16 heavy (non-hydrogen) atoms. The highest BCUT2D eigenvalue weighted by molar-refractivity contribution is 7.80. The van der Waals surface area contributed by atoms with Gasteiger partial charge < -0.3 is 10.2 Å². The third-order valence-corrected chi connectivity index (χ3v) is 2.63. The number of halogens is 1. The molecule has 0 atom stereocenters. The number of hydrogen-bond donors (Lipinski definition) is 1. The maximum atomic E-state index is 5.84. The molecule has 0 spiro atoms. The number of thiocarbonyl (C=S) groups is 1. The van der Waals surface area contributed by atoms with Crippen molar-refractivity contribution in [2.45, 2.75) is 26.3 Å². The van der Waals surface area contributed by atoms with Crippen LogP contribution in [0.25, 0.3) is 0 Å². The molecule has 0 unspecified atom stereocenters. The molecule has 0 saturated heterocycles. The van der Waals surface area contributed by atoms with Crippen LogP contribution >= 0.6 is 23.8 Å². The lowest BCUT2D eigenvalue weighted by Gasteiger charge is -2.28. The van der Waals surface area contributed by atoms with Crippen molar-refractivity contribution in [3.8, 4) is 0 Å². The monoisotopic (exact) mass is 256 g/mol. The molecular weight excluding hydrogens is 240 g/mol. The highest BCUT2D eigenvalue weighted by Crippen LogP contribution is 2.17. The Hall–Kier alpha value is -0.800. The Morgan fingerprint density at radius 3 is 2.19 bits per heavy atom. The highest BCUT2D eigenvalue weighted by atomic mass is 35.5. The second-order valence-corrected chi connectivity index (χ2v) is 5.54. The molecule has 0 bridgehead atoms. The fraction of sp³-hybridized carbons (Fsp3) is 0.417. The van der Waals surface area contributed by atoms with Crippen LogP contribution in [0, 0.1) is 0 Å². The van der Waals surface area contributed by atoms with Gasteiger partial charge in [0.2, 0.25) is 0 Å². The summed E-state index contributed by atoms with van der Waals surface area (Å²) >= 11 is 11.2. The SMILES string of the molecule is CN(C(=S)NC(C)(C)C)c1ccc(Cl)cc1. The lowest BCUT2D eigenvalue weighted by Crippen LogP contribution is -2.47. The standard InChI is InChI=1S/C12H17ClN2S/c1-12(2,3)14-11(16)15(4)10-7-5-9(13)6-8-10/h5-8H,1-4H3,(H,14,16). The fourth-order valence-corrected chi connectivity index (χ4v) is 1.72. The minimum atomic E-state index is -0.0300. The molecule has 0 aromatic heterocycles. The number of benzene rings is 1. The zero-order chi connectivity index (χ0) is 12.3. The largest absolute Gasteiger partial charge is 0.358 e. The summed E-state index contributed by atoms with van der Waals surface area (Å²) in [5, 5.41) is 4.69. The lowest BCUT2D eigenvalue weighted by atomic mass is 10.1. The van der Waals surface area contributed by atoms with Gasteiger partial charge in [-0.15, -0.1) is 0 Å². The lowest BCUT2D eigenvalue weighted by molar-refractivity contribution is 0.512. The predicted molar refractivity (Wildman–Crippen MR) is 75.3 cm³/mol. The quantitative estimate of drug-likeness (QED) is 0.775. The van der Waals surface area contributed by atoms with Gasteiger partial charge in [-0.05, 0) is 57.3 Å². The highest BCUT2D eigenvalue weighted by Gasteiger charge is 2.14. The van der Waals surface area contributed by atoms with Gasteiger partial charge in [0, 0.05) is 23.3 Å². The summed E-state index contributed by atoms with van der Waals surface area (Å²) < 4.78 is 0. The van der Waals surface area contributed by atoms with Crippen LogP contribution in [0.15, 0.2) is 24.3 Å². The van der Waals surface area contributed by atoms with Gasteiger partial charge in [0.1, 0.15) is 0 Å². The van der Waals surface area contributed by atoms with Crippen molar-refractivity contribution in [1.82, 2.24) is 5.32 Å². The Morgan fingerprint density at radius 2 is 1.75 bits per heavy atom. The third kappa shape index (κ3) is 3.99. The van der Waals surface area contributed by atoms with Crippen molar-refractivity contribution in [3.63, 3.8) is 0 Å². The van der Waals surface area contributed by atoms with E-state index in [0.717, 1.165) is 10.7 Å². The molecule has 0 fully saturated rings. The van der Waals surface area contributed by atoms with Gasteiger partial charge in [-0.1, -0.05) is 11.6 Å². The van der Waals surface area contributed by atoms with E-state index in [4.69, 9.17) is 23.8 Å². The molecular formula is C12H17ClN2S. The molecule has 1 rings (SSSR count). The van der Waals surface area contributed by atoms with Crippen molar-refractivity contribution < 1.29 is 0 Å². The van der Waals surface area contributed by atoms with E-state index in [1.54, 1.807) is 0 Å². The van der Waals surface area contributed by atoms with Crippen molar-refractivity contribution in [1.29, 1.82) is 0 Å². The molecule has 0 aliphatic carbocycles. The molecule has 2 nitrogen and oxygen atoms in total. The van der Waals surface area contributed by atoms with Crippen LogP contribution in [-0.2, 0) is 0 Å². The topological polar surface area (TPSA) is 15.3 Å². The predicted octanol–water partition coefficient (Wildman–Crippen LogP) is 3.45. The average Bonchev–Trinajstić information content (AvgIpc) is 2.15.